The van der Waals surface area contributed by atoms with E-state index >= 15 is 0 Å². The van der Waals surface area contributed by atoms with Gasteiger partial charge >= 0.3 is 0 Å². The van der Waals surface area contributed by atoms with Gasteiger partial charge in [-0.3, -0.25) is 4.79 Å². The number of nitriles is 1. The highest BCUT2D eigenvalue weighted by Crippen LogP contribution is 2.27. The number of amides is 1. The lowest BCUT2D eigenvalue weighted by Crippen LogP contribution is -2.49. The second kappa shape index (κ2) is 9.27. The molecule has 0 aliphatic carbocycles. The molecule has 2 aromatic heterocycles. The van der Waals surface area contributed by atoms with E-state index in [0.29, 0.717) is 36.6 Å². The fourth-order valence-corrected chi connectivity index (χ4v) is 4.67. The van der Waals surface area contributed by atoms with Gasteiger partial charge in [-0.25, -0.2) is 9.97 Å². The number of nitrogens with zero attached hydrogens (tertiary/aromatic N) is 5. The molecule has 1 saturated heterocycles. The van der Waals surface area contributed by atoms with Crippen molar-refractivity contribution in [2.45, 2.75) is 6.61 Å². The number of carbonyl (C=O) groups excluding carboxylic acids is 1. The average Bonchev–Trinajstić information content (AvgIpc) is 3.37. The molecule has 7 nitrogen and oxygen atoms in total. The van der Waals surface area contributed by atoms with Crippen molar-refractivity contribution >= 4 is 33.3 Å². The Morgan fingerprint density at radius 1 is 1.03 bits per heavy atom. The van der Waals surface area contributed by atoms with Gasteiger partial charge in [0.05, 0.1) is 17.0 Å². The van der Waals surface area contributed by atoms with E-state index in [1.54, 1.807) is 48.0 Å². The monoisotopic (exact) mass is 455 g/mol. The Morgan fingerprint density at radius 3 is 2.61 bits per heavy atom. The number of rotatable bonds is 5. The first-order valence-electron chi connectivity index (χ1n) is 10.7. The minimum absolute atomic E-state index is 0.0133. The third-order valence-electron chi connectivity index (χ3n) is 5.74. The minimum Gasteiger partial charge on any atom is -0.489 e. The zero-order chi connectivity index (χ0) is 22.6. The third-order valence-corrected chi connectivity index (χ3v) is 6.56. The molecule has 33 heavy (non-hydrogen) atoms. The fraction of sp³-hybridized carbons (Fsp3) is 0.200. The van der Waals surface area contributed by atoms with Crippen LogP contribution in [0.25, 0.3) is 10.2 Å². The van der Waals surface area contributed by atoms with E-state index in [4.69, 9.17) is 4.74 Å². The van der Waals surface area contributed by atoms with E-state index in [1.807, 2.05) is 28.5 Å². The van der Waals surface area contributed by atoms with Gasteiger partial charge in [-0.05, 0) is 41.8 Å². The van der Waals surface area contributed by atoms with E-state index in [0.717, 1.165) is 34.7 Å². The van der Waals surface area contributed by atoms with Crippen molar-refractivity contribution in [2.24, 2.45) is 0 Å². The molecule has 8 heteroatoms. The SMILES string of the molecule is N#Cc1ccccc1COc1ccc(C(=O)N2CCN(c3ncnc4sccc34)CC2)cc1. The van der Waals surface area contributed by atoms with Crippen LogP contribution in [0.1, 0.15) is 21.5 Å². The Hall–Kier alpha value is -3.96. The zero-order valence-electron chi connectivity index (χ0n) is 17.8. The molecule has 4 aromatic rings. The van der Waals surface area contributed by atoms with Crippen LogP contribution in [0.2, 0.25) is 0 Å². The number of hydrogen-bond acceptors (Lipinski definition) is 7. The predicted molar refractivity (Wildman–Crippen MR) is 127 cm³/mol. The standard InChI is InChI=1S/C25H21N5O2S/c26-15-19-3-1-2-4-20(19)16-32-21-7-5-18(6-8-21)25(31)30-12-10-29(11-13-30)23-22-9-14-33-24(22)28-17-27-23/h1-9,14,17H,10-13,16H2. The Labute approximate surface area is 195 Å². The van der Waals surface area contributed by atoms with Crippen molar-refractivity contribution in [2.75, 3.05) is 31.1 Å². The number of thiophene rings is 1. The summed E-state index contributed by atoms with van der Waals surface area (Å²) in [7, 11) is 0. The molecule has 1 aliphatic heterocycles. The Bertz CT molecular complexity index is 1320. The van der Waals surface area contributed by atoms with Crippen LogP contribution in [0, 0.1) is 11.3 Å². The van der Waals surface area contributed by atoms with Gasteiger partial charge in [0.15, 0.2) is 0 Å². The van der Waals surface area contributed by atoms with Gasteiger partial charge in [-0.2, -0.15) is 5.26 Å². The number of ether oxygens (including phenoxy) is 1. The molecule has 1 aliphatic rings. The van der Waals surface area contributed by atoms with Crippen molar-refractivity contribution in [3.05, 3.63) is 83.0 Å². The highest BCUT2D eigenvalue weighted by atomic mass is 32.1. The van der Waals surface area contributed by atoms with Gasteiger partial charge in [-0.15, -0.1) is 11.3 Å². The molecule has 164 valence electrons. The highest BCUT2D eigenvalue weighted by molar-refractivity contribution is 7.16. The maximum absolute atomic E-state index is 13.0. The molecule has 0 radical (unpaired) electrons. The van der Waals surface area contributed by atoms with Crippen molar-refractivity contribution in [3.63, 3.8) is 0 Å². The lowest BCUT2D eigenvalue weighted by Gasteiger charge is -2.35. The van der Waals surface area contributed by atoms with Crippen LogP contribution >= 0.6 is 11.3 Å². The van der Waals surface area contributed by atoms with E-state index < -0.39 is 0 Å². The first-order valence-corrected chi connectivity index (χ1v) is 11.5. The van der Waals surface area contributed by atoms with E-state index in [1.165, 1.54) is 0 Å². The molecule has 2 aromatic carbocycles. The van der Waals surface area contributed by atoms with Crippen LogP contribution in [0.5, 0.6) is 5.75 Å². The summed E-state index contributed by atoms with van der Waals surface area (Å²) in [6.07, 6.45) is 1.61. The molecule has 0 N–H and O–H groups in total. The number of anilines is 1. The highest BCUT2D eigenvalue weighted by Gasteiger charge is 2.24. The Kier molecular flexibility index (Phi) is 5.87. The quantitative estimate of drug-likeness (QED) is 0.451. The number of aromatic nitrogens is 2. The lowest BCUT2D eigenvalue weighted by atomic mass is 10.1. The van der Waals surface area contributed by atoms with Gasteiger partial charge in [0.1, 0.15) is 29.3 Å². The van der Waals surface area contributed by atoms with Crippen molar-refractivity contribution in [1.82, 2.24) is 14.9 Å². The lowest BCUT2D eigenvalue weighted by molar-refractivity contribution is 0.0746. The Morgan fingerprint density at radius 2 is 1.82 bits per heavy atom. The molecule has 3 heterocycles. The summed E-state index contributed by atoms with van der Waals surface area (Å²) in [6, 6.07) is 18.8. The van der Waals surface area contributed by atoms with Crippen LogP contribution in [-0.4, -0.2) is 47.0 Å². The van der Waals surface area contributed by atoms with Gasteiger partial charge in [-0.1, -0.05) is 18.2 Å². The molecular formula is C25H21N5O2S. The number of fused-ring (bicyclic) bond motifs is 1. The zero-order valence-corrected chi connectivity index (χ0v) is 18.7. The Balaban J connectivity index is 1.19. The van der Waals surface area contributed by atoms with E-state index in [2.05, 4.69) is 27.0 Å². The van der Waals surface area contributed by atoms with E-state index in [-0.39, 0.29) is 5.91 Å². The molecular weight excluding hydrogens is 434 g/mol. The third kappa shape index (κ3) is 4.36. The molecule has 0 bridgehead atoms. The molecule has 0 saturated carbocycles. The summed E-state index contributed by atoms with van der Waals surface area (Å²) >= 11 is 1.61. The smallest absolute Gasteiger partial charge is 0.253 e. The van der Waals surface area contributed by atoms with Crippen LogP contribution in [0.15, 0.2) is 66.3 Å². The first kappa shape index (κ1) is 20.9. The predicted octanol–water partition coefficient (Wildman–Crippen LogP) is 4.10. The molecule has 5 rings (SSSR count). The second-order valence-corrected chi connectivity index (χ2v) is 8.59. The van der Waals surface area contributed by atoms with Crippen LogP contribution in [0.4, 0.5) is 5.82 Å². The average molecular weight is 456 g/mol. The van der Waals surface area contributed by atoms with Gasteiger partial charge in [0.25, 0.3) is 5.91 Å². The largest absolute Gasteiger partial charge is 0.489 e. The molecule has 1 amide bonds. The van der Waals surface area contributed by atoms with Gasteiger partial charge in [0, 0.05) is 37.3 Å². The molecule has 1 fully saturated rings. The second-order valence-electron chi connectivity index (χ2n) is 7.70. The minimum atomic E-state index is 0.0133. The summed E-state index contributed by atoms with van der Waals surface area (Å²) in [5.41, 5.74) is 2.07. The molecule has 0 atom stereocenters. The molecule has 0 unspecified atom stereocenters. The van der Waals surface area contributed by atoms with Crippen LogP contribution < -0.4 is 9.64 Å². The number of piperazine rings is 1. The van der Waals surface area contributed by atoms with Gasteiger partial charge < -0.3 is 14.5 Å². The van der Waals surface area contributed by atoms with Crippen molar-refractivity contribution in [1.29, 1.82) is 5.26 Å². The number of hydrogen-bond donors (Lipinski definition) is 0. The maximum atomic E-state index is 13.0. The van der Waals surface area contributed by atoms with Crippen molar-refractivity contribution < 1.29 is 9.53 Å². The first-order chi connectivity index (χ1) is 16.2. The number of benzene rings is 2. The molecule has 0 spiro atoms. The maximum Gasteiger partial charge on any atom is 0.253 e. The number of carbonyl (C=O) groups is 1. The van der Waals surface area contributed by atoms with Gasteiger partial charge in [0.2, 0.25) is 0 Å². The van der Waals surface area contributed by atoms with Crippen LogP contribution in [0.3, 0.4) is 0 Å². The summed E-state index contributed by atoms with van der Waals surface area (Å²) in [6.45, 7) is 3.04. The summed E-state index contributed by atoms with van der Waals surface area (Å²) in [5.74, 6) is 1.61. The van der Waals surface area contributed by atoms with E-state index in [9.17, 15) is 10.1 Å². The fourth-order valence-electron chi connectivity index (χ4n) is 3.94. The summed E-state index contributed by atoms with van der Waals surface area (Å²) in [4.78, 5) is 26.9. The topological polar surface area (TPSA) is 82.4 Å². The van der Waals surface area contributed by atoms with Crippen LogP contribution in [-0.2, 0) is 6.61 Å². The summed E-state index contributed by atoms with van der Waals surface area (Å²) < 4.78 is 5.81. The normalized spacial score (nSPS) is 13.7. The summed E-state index contributed by atoms with van der Waals surface area (Å²) in [5, 5.41) is 12.3. The van der Waals surface area contributed by atoms with Crippen molar-refractivity contribution in [3.8, 4) is 11.8 Å².